The van der Waals surface area contributed by atoms with Gasteiger partial charge in [-0.05, 0) is 54.1 Å². The van der Waals surface area contributed by atoms with Crippen molar-refractivity contribution in [2.24, 2.45) is 5.92 Å². The average molecular weight is 367 g/mol. The highest BCUT2D eigenvalue weighted by atomic mass is 16.5. The number of nitrogens with one attached hydrogen (secondary N) is 2. The second kappa shape index (κ2) is 8.91. The van der Waals surface area contributed by atoms with E-state index in [1.807, 2.05) is 11.4 Å². The van der Waals surface area contributed by atoms with E-state index in [1.165, 1.54) is 16.7 Å². The summed E-state index contributed by atoms with van der Waals surface area (Å²) in [5.41, 5.74) is 4.24. The van der Waals surface area contributed by atoms with Gasteiger partial charge in [0.2, 0.25) is 0 Å². The molecule has 2 N–H and O–H groups in total. The van der Waals surface area contributed by atoms with Crippen molar-refractivity contribution in [3.8, 4) is 5.75 Å². The fourth-order valence-corrected chi connectivity index (χ4v) is 4.06. The van der Waals surface area contributed by atoms with E-state index < -0.39 is 6.09 Å². The molecule has 0 aromatic heterocycles. The maximum Gasteiger partial charge on any atom is 0.134 e. The van der Waals surface area contributed by atoms with Gasteiger partial charge in [0.1, 0.15) is 18.4 Å². The highest BCUT2D eigenvalue weighted by Crippen LogP contribution is 2.48. The monoisotopic (exact) mass is 367 g/mol. The van der Waals surface area contributed by atoms with Crippen molar-refractivity contribution < 1.29 is 14.6 Å². The summed E-state index contributed by atoms with van der Waals surface area (Å²) in [7, 11) is 0. The first-order valence-electron chi connectivity index (χ1n) is 9.56. The van der Waals surface area contributed by atoms with Gasteiger partial charge in [-0.2, -0.15) is 0 Å². The van der Waals surface area contributed by atoms with Gasteiger partial charge < -0.3 is 25.3 Å². The summed E-state index contributed by atoms with van der Waals surface area (Å²) in [6, 6.07) is 17.0. The first-order valence-corrected chi connectivity index (χ1v) is 9.56. The van der Waals surface area contributed by atoms with E-state index in [4.69, 9.17) is 4.74 Å². The fraction of sp³-hybridized carbons (Fsp3) is 0.409. The van der Waals surface area contributed by atoms with Gasteiger partial charge in [-0.3, -0.25) is 0 Å². The van der Waals surface area contributed by atoms with E-state index in [0.717, 1.165) is 24.8 Å². The lowest BCUT2D eigenvalue weighted by Gasteiger charge is -2.12. The second-order valence-electron chi connectivity index (χ2n) is 7.10. The van der Waals surface area contributed by atoms with Crippen LogP contribution in [0.15, 0.2) is 48.5 Å². The van der Waals surface area contributed by atoms with Crippen molar-refractivity contribution in [2.45, 2.75) is 32.3 Å². The minimum absolute atomic E-state index is 0.419. The maximum absolute atomic E-state index is 9.38. The van der Waals surface area contributed by atoms with Crippen molar-refractivity contribution in [2.75, 3.05) is 19.6 Å². The Labute approximate surface area is 160 Å². The van der Waals surface area contributed by atoms with Crippen LogP contribution in [0.3, 0.4) is 0 Å². The molecule has 0 spiro atoms. The fourth-order valence-electron chi connectivity index (χ4n) is 4.06. The number of amides is 1. The summed E-state index contributed by atoms with van der Waals surface area (Å²) >= 11 is 0. The molecule has 0 radical (unpaired) electrons. The molecular weight excluding hydrogens is 340 g/mol. The van der Waals surface area contributed by atoms with Gasteiger partial charge in [0, 0.05) is 19.0 Å². The average Bonchev–Trinajstić information content (AvgIpc) is 3.25. The van der Waals surface area contributed by atoms with Gasteiger partial charge in [0.25, 0.3) is 0 Å². The number of fused-ring (bicyclic) bond motifs is 3. The van der Waals surface area contributed by atoms with Crippen LogP contribution in [0.4, 0.5) is 4.79 Å². The zero-order chi connectivity index (χ0) is 19.2. The second-order valence-corrected chi connectivity index (χ2v) is 7.10. The number of hydrogen-bond acceptors (Lipinski definition) is 4. The highest BCUT2D eigenvalue weighted by molar-refractivity contribution is 5.61. The lowest BCUT2D eigenvalue weighted by molar-refractivity contribution is -0.250. The number of rotatable bonds is 4. The summed E-state index contributed by atoms with van der Waals surface area (Å²) in [6.45, 7) is 7.38. The van der Waals surface area contributed by atoms with Gasteiger partial charge in [-0.25, -0.2) is 0 Å². The molecule has 2 aromatic rings. The van der Waals surface area contributed by atoms with Crippen molar-refractivity contribution in [1.82, 2.24) is 10.6 Å². The molecule has 3 atom stereocenters. The van der Waals surface area contributed by atoms with Crippen LogP contribution in [0.25, 0.3) is 0 Å². The third-order valence-electron chi connectivity index (χ3n) is 5.42. The Bertz CT molecular complexity index is 763. The van der Waals surface area contributed by atoms with Crippen LogP contribution < -0.4 is 20.5 Å². The molecule has 1 aliphatic carbocycles. The van der Waals surface area contributed by atoms with Crippen LogP contribution >= 0.6 is 0 Å². The van der Waals surface area contributed by atoms with Crippen LogP contribution in [0.1, 0.15) is 42.4 Å². The standard InChI is InChI=1S/C19H21NO.C3H7NO2/c1-13-16-8-7-15(21-12-14-5-3-2-4-6-14)9-17(16)19-11-20-10-18(13)19;1-2-4-3(5)6/h2-9,13,18-20H,10-12H2,1H3;4H,2H2,1H3,(H,5,6)/p-1. The van der Waals surface area contributed by atoms with Crippen molar-refractivity contribution in [1.29, 1.82) is 0 Å². The Balaban J connectivity index is 0.000000307. The molecule has 0 saturated carbocycles. The quantitative estimate of drug-likeness (QED) is 0.871. The van der Waals surface area contributed by atoms with Crippen molar-refractivity contribution in [3.05, 3.63) is 65.2 Å². The van der Waals surface area contributed by atoms with Gasteiger partial charge >= 0.3 is 0 Å². The summed E-state index contributed by atoms with van der Waals surface area (Å²) in [4.78, 5) is 9.38. The Morgan fingerprint density at radius 3 is 2.63 bits per heavy atom. The predicted molar refractivity (Wildman–Crippen MR) is 104 cm³/mol. The highest BCUT2D eigenvalue weighted by Gasteiger charge is 2.41. The van der Waals surface area contributed by atoms with E-state index in [1.54, 1.807) is 6.92 Å². The van der Waals surface area contributed by atoms with Crippen molar-refractivity contribution in [3.63, 3.8) is 0 Å². The minimum atomic E-state index is -1.21. The van der Waals surface area contributed by atoms with E-state index in [2.05, 4.69) is 54.7 Å². The molecule has 2 aromatic carbocycles. The molecule has 1 aliphatic heterocycles. The summed E-state index contributed by atoms with van der Waals surface area (Å²) in [5.74, 6) is 3.11. The molecule has 0 bridgehead atoms. The van der Waals surface area contributed by atoms with E-state index >= 15 is 0 Å². The topological polar surface area (TPSA) is 73.4 Å². The number of benzene rings is 2. The molecule has 1 heterocycles. The van der Waals surface area contributed by atoms with E-state index in [-0.39, 0.29) is 0 Å². The molecule has 4 rings (SSSR count). The Morgan fingerprint density at radius 2 is 1.96 bits per heavy atom. The van der Waals surface area contributed by atoms with Crippen LogP contribution in [0, 0.1) is 5.92 Å². The Kier molecular flexibility index (Phi) is 6.35. The van der Waals surface area contributed by atoms with Gasteiger partial charge in [-0.1, -0.05) is 43.3 Å². The molecule has 144 valence electrons. The minimum Gasteiger partial charge on any atom is -0.530 e. The molecule has 1 saturated heterocycles. The lowest BCUT2D eigenvalue weighted by atomic mass is 9.91. The largest absolute Gasteiger partial charge is 0.530 e. The number of carboxylic acid groups (broad SMARTS) is 1. The molecule has 5 nitrogen and oxygen atoms in total. The third kappa shape index (κ3) is 4.61. The number of carbonyl (C=O) groups is 1. The van der Waals surface area contributed by atoms with Crippen LogP contribution in [0.5, 0.6) is 5.75 Å². The van der Waals surface area contributed by atoms with Crippen LogP contribution in [-0.2, 0) is 6.61 Å². The number of hydrogen-bond donors (Lipinski definition) is 2. The molecule has 27 heavy (non-hydrogen) atoms. The summed E-state index contributed by atoms with van der Waals surface area (Å²) in [6.07, 6.45) is -1.21. The first kappa shape index (κ1) is 19.2. The zero-order valence-corrected chi connectivity index (χ0v) is 15.9. The molecule has 1 fully saturated rings. The Hall–Kier alpha value is -2.53. The predicted octanol–water partition coefficient (Wildman–Crippen LogP) is 2.62. The molecule has 3 unspecified atom stereocenters. The van der Waals surface area contributed by atoms with Gasteiger partial charge in [0.15, 0.2) is 0 Å². The SMILES string of the molecule is CC1c2ccc(OCc3ccccc3)cc2C2CNCC12.CCNC(=O)[O-]. The molecule has 2 aliphatic rings. The number of carbonyl (C=O) groups excluding carboxylic acids is 1. The first-order chi connectivity index (χ1) is 13.1. The lowest BCUT2D eigenvalue weighted by Crippen LogP contribution is -2.35. The normalized spacial score (nSPS) is 22.2. The van der Waals surface area contributed by atoms with E-state index in [9.17, 15) is 9.90 Å². The zero-order valence-electron chi connectivity index (χ0n) is 15.9. The van der Waals surface area contributed by atoms with Crippen LogP contribution in [-0.4, -0.2) is 25.7 Å². The maximum atomic E-state index is 9.38. The van der Waals surface area contributed by atoms with Crippen molar-refractivity contribution >= 4 is 6.09 Å². The van der Waals surface area contributed by atoms with Gasteiger partial charge in [-0.15, -0.1) is 0 Å². The summed E-state index contributed by atoms with van der Waals surface area (Å²) < 4.78 is 5.98. The van der Waals surface area contributed by atoms with E-state index in [0.29, 0.717) is 25.0 Å². The third-order valence-corrected chi connectivity index (χ3v) is 5.42. The smallest absolute Gasteiger partial charge is 0.134 e. The molecule has 5 heteroatoms. The number of ether oxygens (including phenoxy) is 1. The van der Waals surface area contributed by atoms with Crippen LogP contribution in [0.2, 0.25) is 0 Å². The molecule has 1 amide bonds. The van der Waals surface area contributed by atoms with Gasteiger partial charge in [0.05, 0.1) is 0 Å². The molecular formula is C22H27N2O3-. The Morgan fingerprint density at radius 1 is 1.19 bits per heavy atom. The summed E-state index contributed by atoms with van der Waals surface area (Å²) in [5, 5.41) is 14.9.